The van der Waals surface area contributed by atoms with Crippen LogP contribution in [0.15, 0.2) is 55.3 Å². The van der Waals surface area contributed by atoms with Crippen LogP contribution in [0.5, 0.6) is 5.75 Å². The molecule has 2 N–H and O–H groups in total. The van der Waals surface area contributed by atoms with E-state index in [1.807, 2.05) is 0 Å². The fourth-order valence-electron chi connectivity index (χ4n) is 1.21. The van der Waals surface area contributed by atoms with Crippen molar-refractivity contribution in [3.63, 3.8) is 0 Å². The van der Waals surface area contributed by atoms with Crippen LogP contribution < -0.4 is 0 Å². The van der Waals surface area contributed by atoms with Crippen LogP contribution in [-0.2, 0) is 0 Å². The number of aromatic hydroxyl groups is 1. The van der Waals surface area contributed by atoms with Gasteiger partial charge in [0.1, 0.15) is 12.1 Å². The molecule has 0 aliphatic carbocycles. The summed E-state index contributed by atoms with van der Waals surface area (Å²) in [7, 11) is 0. The maximum atomic E-state index is 13.0. The van der Waals surface area contributed by atoms with Crippen molar-refractivity contribution in [1.82, 2.24) is 5.12 Å². The summed E-state index contributed by atoms with van der Waals surface area (Å²) in [4.78, 5) is 0. The van der Waals surface area contributed by atoms with Gasteiger partial charge in [0, 0.05) is 11.8 Å². The molecule has 1 aromatic carbocycles. The van der Waals surface area contributed by atoms with E-state index in [1.165, 1.54) is 18.3 Å². The van der Waals surface area contributed by atoms with Gasteiger partial charge in [-0.15, -0.1) is 0 Å². The number of benzene rings is 1. The lowest BCUT2D eigenvalue weighted by molar-refractivity contribution is 0.200. The molecule has 0 aliphatic rings. The summed E-state index contributed by atoms with van der Waals surface area (Å²) in [6.45, 7) is 3.53. The second-order valence-electron chi connectivity index (χ2n) is 3.20. The molecule has 0 heterocycles. The van der Waals surface area contributed by atoms with E-state index in [-0.39, 0.29) is 10.9 Å². The topological polar surface area (TPSA) is 47.3 Å². The lowest BCUT2D eigenvalue weighted by atomic mass is 10.1. The second-order valence-corrected chi connectivity index (χ2v) is 3.20. The van der Waals surface area contributed by atoms with Crippen LogP contribution in [0.2, 0.25) is 0 Å². The van der Waals surface area contributed by atoms with Crippen molar-refractivity contribution in [3.05, 3.63) is 60.8 Å². The normalized spacial score (nSPS) is 11.5. The van der Waals surface area contributed by atoms with Crippen molar-refractivity contribution in [1.29, 1.82) is 5.41 Å². The molecule has 0 amide bonds. The van der Waals surface area contributed by atoms with Crippen LogP contribution in [0.1, 0.15) is 5.56 Å². The number of phenols is 1. The van der Waals surface area contributed by atoms with E-state index in [0.29, 0.717) is 11.9 Å². The molecule has 0 radical (unpaired) electrons. The molecular weight excluding hydrogens is 219 g/mol. The van der Waals surface area contributed by atoms with Gasteiger partial charge < -0.3 is 5.11 Å². The van der Waals surface area contributed by atoms with Gasteiger partial charge in [0.05, 0.1) is 0 Å². The van der Waals surface area contributed by atoms with E-state index in [9.17, 15) is 4.48 Å². The highest BCUT2D eigenvalue weighted by atomic mass is 19.2. The zero-order valence-electron chi connectivity index (χ0n) is 9.18. The van der Waals surface area contributed by atoms with Gasteiger partial charge in [-0.1, -0.05) is 41.4 Å². The van der Waals surface area contributed by atoms with Gasteiger partial charge >= 0.3 is 0 Å². The van der Waals surface area contributed by atoms with Gasteiger partial charge in [-0.3, -0.25) is 5.41 Å². The van der Waals surface area contributed by atoms with Crippen LogP contribution in [0.4, 0.5) is 4.48 Å². The summed E-state index contributed by atoms with van der Waals surface area (Å²) in [6, 6.07) is 6.34. The molecule has 1 aromatic rings. The Morgan fingerprint density at radius 1 is 1.35 bits per heavy atom. The maximum absolute atomic E-state index is 13.0. The Labute approximate surface area is 99.3 Å². The molecule has 88 valence electrons. The minimum Gasteiger partial charge on any atom is -0.508 e. The Bertz CT molecular complexity index is 449. The number of phenolic OH excluding ortho intramolecular Hbond substituents is 1. The molecule has 1 rings (SSSR count). The molecule has 0 aliphatic heterocycles. The first-order valence-electron chi connectivity index (χ1n) is 4.92. The van der Waals surface area contributed by atoms with Gasteiger partial charge in [0.2, 0.25) is 0 Å². The van der Waals surface area contributed by atoms with Crippen LogP contribution in [0, 0.1) is 5.41 Å². The fourth-order valence-corrected chi connectivity index (χ4v) is 1.21. The molecular formula is C13H13FN2O. The van der Waals surface area contributed by atoms with E-state index in [1.54, 1.807) is 30.4 Å². The second kappa shape index (κ2) is 6.27. The highest BCUT2D eigenvalue weighted by Crippen LogP contribution is 2.19. The van der Waals surface area contributed by atoms with Crippen molar-refractivity contribution in [2.24, 2.45) is 0 Å². The standard InChI is InChI=1S/C13H13FN2O/c1-2-3-4-12(9-16(14)10-15)11-5-7-13(17)8-6-11/h2-10,15,17H,1H2/b4-3-,12-9+,15-10?. The highest BCUT2D eigenvalue weighted by Gasteiger charge is 2.00. The summed E-state index contributed by atoms with van der Waals surface area (Å²) in [5.41, 5.74) is 1.29. The van der Waals surface area contributed by atoms with Crippen LogP contribution in [0.3, 0.4) is 0 Å². The summed E-state index contributed by atoms with van der Waals surface area (Å²) in [5, 5.41) is 16.1. The minimum absolute atomic E-state index is 0.143. The van der Waals surface area contributed by atoms with Crippen molar-refractivity contribution in [2.75, 3.05) is 0 Å². The SMILES string of the molecule is C=C/C=C\C(=C/N(F)C=N)c1ccc(O)cc1. The molecule has 0 aromatic heterocycles. The highest BCUT2D eigenvalue weighted by molar-refractivity contribution is 5.75. The van der Waals surface area contributed by atoms with E-state index in [0.717, 1.165) is 5.56 Å². The van der Waals surface area contributed by atoms with Gasteiger partial charge in [-0.2, -0.15) is 5.12 Å². The smallest absolute Gasteiger partial charge is 0.118 e. The predicted octanol–water partition coefficient (Wildman–Crippen LogP) is 3.27. The molecule has 0 saturated heterocycles. The number of nitrogens with zero attached hydrogens (tertiary/aromatic N) is 1. The number of allylic oxidation sites excluding steroid dienone is 4. The molecule has 0 bridgehead atoms. The molecule has 4 heteroatoms. The first kappa shape index (κ1) is 12.7. The number of hydrogen-bond acceptors (Lipinski definition) is 2. The number of hydrogen-bond donors (Lipinski definition) is 2. The van der Waals surface area contributed by atoms with E-state index >= 15 is 0 Å². The number of halogens is 1. The Hall–Kier alpha value is -2.36. The van der Waals surface area contributed by atoms with Crippen molar-refractivity contribution < 1.29 is 9.59 Å². The number of nitrogens with one attached hydrogen (secondary N) is 1. The van der Waals surface area contributed by atoms with Crippen molar-refractivity contribution in [3.8, 4) is 5.75 Å². The van der Waals surface area contributed by atoms with E-state index in [2.05, 4.69) is 6.58 Å². The zero-order chi connectivity index (χ0) is 12.7. The lowest BCUT2D eigenvalue weighted by Gasteiger charge is -2.05. The van der Waals surface area contributed by atoms with Crippen LogP contribution >= 0.6 is 0 Å². The average Bonchev–Trinajstić information content (AvgIpc) is 2.35. The third-order valence-corrected chi connectivity index (χ3v) is 2.00. The van der Waals surface area contributed by atoms with Gasteiger partial charge in [-0.05, 0) is 17.7 Å². The third-order valence-electron chi connectivity index (χ3n) is 2.00. The summed E-state index contributed by atoms with van der Waals surface area (Å²) in [6.07, 6.45) is 6.62. The predicted molar refractivity (Wildman–Crippen MR) is 67.2 cm³/mol. The summed E-state index contributed by atoms with van der Waals surface area (Å²) in [5.74, 6) is 0.143. The van der Waals surface area contributed by atoms with Crippen LogP contribution in [0.25, 0.3) is 5.57 Å². The van der Waals surface area contributed by atoms with Crippen LogP contribution in [-0.4, -0.2) is 16.6 Å². The average molecular weight is 232 g/mol. The molecule has 0 fully saturated rings. The Morgan fingerprint density at radius 3 is 2.53 bits per heavy atom. The molecule has 0 spiro atoms. The Kier molecular flexibility index (Phi) is 4.69. The van der Waals surface area contributed by atoms with E-state index in [4.69, 9.17) is 10.5 Å². The lowest BCUT2D eigenvalue weighted by Crippen LogP contribution is -2.00. The molecule has 0 saturated carbocycles. The molecule has 3 nitrogen and oxygen atoms in total. The van der Waals surface area contributed by atoms with E-state index < -0.39 is 0 Å². The molecule has 17 heavy (non-hydrogen) atoms. The first-order valence-corrected chi connectivity index (χ1v) is 4.92. The largest absolute Gasteiger partial charge is 0.508 e. The van der Waals surface area contributed by atoms with Crippen molar-refractivity contribution >= 4 is 11.9 Å². The summed E-state index contributed by atoms with van der Waals surface area (Å²) < 4.78 is 13.0. The first-order chi connectivity index (χ1) is 8.17. The van der Waals surface area contributed by atoms with Crippen molar-refractivity contribution in [2.45, 2.75) is 0 Å². The molecule has 0 atom stereocenters. The maximum Gasteiger partial charge on any atom is 0.118 e. The third kappa shape index (κ3) is 3.95. The Morgan fingerprint density at radius 2 is 2.00 bits per heavy atom. The minimum atomic E-state index is 0.143. The zero-order valence-corrected chi connectivity index (χ0v) is 9.18. The molecule has 0 unspecified atom stereocenters. The van der Waals surface area contributed by atoms with Gasteiger partial charge in [0.25, 0.3) is 0 Å². The quantitative estimate of drug-likeness (QED) is 0.354. The van der Waals surface area contributed by atoms with Gasteiger partial charge in [-0.25, -0.2) is 0 Å². The summed E-state index contributed by atoms with van der Waals surface area (Å²) >= 11 is 0. The van der Waals surface area contributed by atoms with Gasteiger partial charge in [0.15, 0.2) is 0 Å². The number of rotatable bonds is 5. The monoisotopic (exact) mass is 232 g/mol. The Balaban J connectivity index is 3.09. The fraction of sp³-hybridized carbons (Fsp3) is 0.